The number of aromatic nitrogens is 1. The standard InChI is InChI=1S/C29H29N3OS/c1-19-14-15-22(17-20(19)2)30-29(33)32-18-24-23-11-6-7-13-26(23)34-28(24)31-16-8-12-25(31)27(32)21-9-4-3-5-10-21/h3-5,8-10,12,14-17,27H,6-7,11,13,18H2,1-2H3,(H,30,33)/t27-/m1/s1. The molecule has 1 N–H and O–H groups in total. The van der Waals surface area contributed by atoms with E-state index in [1.54, 1.807) is 0 Å². The molecule has 0 saturated carbocycles. The molecule has 5 heteroatoms. The third kappa shape index (κ3) is 3.55. The molecule has 4 nitrogen and oxygen atoms in total. The minimum atomic E-state index is -0.165. The highest BCUT2D eigenvalue weighted by atomic mass is 32.1. The SMILES string of the molecule is Cc1ccc(NC(=O)N2Cc3c(sc4c3CCCC4)-n3cccc3[C@H]2c2ccccc2)cc1C. The van der Waals surface area contributed by atoms with Gasteiger partial charge in [-0.3, -0.25) is 0 Å². The molecule has 172 valence electrons. The summed E-state index contributed by atoms with van der Waals surface area (Å²) in [6.07, 6.45) is 6.91. The molecular formula is C29H29N3OS. The number of anilines is 1. The molecule has 2 aromatic heterocycles. The monoisotopic (exact) mass is 467 g/mol. The van der Waals surface area contributed by atoms with Gasteiger partial charge in [0.05, 0.1) is 18.3 Å². The molecule has 2 aromatic carbocycles. The summed E-state index contributed by atoms with van der Waals surface area (Å²) in [5.41, 5.74) is 8.31. The molecule has 0 bridgehead atoms. The lowest BCUT2D eigenvalue weighted by Gasteiger charge is -2.31. The number of fused-ring (bicyclic) bond motifs is 5. The van der Waals surface area contributed by atoms with Crippen molar-refractivity contribution in [3.05, 3.63) is 105 Å². The summed E-state index contributed by atoms with van der Waals surface area (Å²) >= 11 is 1.92. The maximum Gasteiger partial charge on any atom is 0.322 e. The van der Waals surface area contributed by atoms with Gasteiger partial charge in [-0.2, -0.15) is 0 Å². The first-order valence-corrected chi connectivity index (χ1v) is 12.9. The summed E-state index contributed by atoms with van der Waals surface area (Å²) in [6, 6.07) is 20.6. The maximum absolute atomic E-state index is 13.9. The Balaban J connectivity index is 1.48. The zero-order chi connectivity index (χ0) is 23.2. The predicted octanol–water partition coefficient (Wildman–Crippen LogP) is 7.17. The van der Waals surface area contributed by atoms with Crippen LogP contribution in [0.25, 0.3) is 5.00 Å². The second-order valence-electron chi connectivity index (χ2n) is 9.47. The lowest BCUT2D eigenvalue weighted by atomic mass is 9.95. The fraction of sp³-hybridized carbons (Fsp3) is 0.276. The Morgan fingerprint density at radius 3 is 2.59 bits per heavy atom. The first kappa shape index (κ1) is 21.2. The van der Waals surface area contributed by atoms with Gasteiger partial charge in [0.25, 0.3) is 0 Å². The molecule has 2 amide bonds. The summed E-state index contributed by atoms with van der Waals surface area (Å²) in [5, 5.41) is 4.50. The van der Waals surface area contributed by atoms with Crippen LogP contribution in [-0.4, -0.2) is 15.5 Å². The topological polar surface area (TPSA) is 37.3 Å². The van der Waals surface area contributed by atoms with Gasteiger partial charge in [-0.05, 0) is 86.1 Å². The van der Waals surface area contributed by atoms with Crippen LogP contribution in [0.2, 0.25) is 0 Å². The van der Waals surface area contributed by atoms with Gasteiger partial charge in [0.2, 0.25) is 0 Å². The largest absolute Gasteiger partial charge is 0.322 e. The smallest absolute Gasteiger partial charge is 0.310 e. The summed E-state index contributed by atoms with van der Waals surface area (Å²) in [5.74, 6) is 0. The number of benzene rings is 2. The molecule has 0 fully saturated rings. The number of hydrogen-bond acceptors (Lipinski definition) is 2. The van der Waals surface area contributed by atoms with E-state index in [0.29, 0.717) is 6.54 Å². The third-order valence-electron chi connectivity index (χ3n) is 7.31. The van der Waals surface area contributed by atoms with Gasteiger partial charge in [-0.1, -0.05) is 36.4 Å². The number of thiophene rings is 1. The second-order valence-corrected chi connectivity index (χ2v) is 10.6. The average molecular weight is 468 g/mol. The Morgan fingerprint density at radius 2 is 1.76 bits per heavy atom. The Labute approximate surface area is 204 Å². The van der Waals surface area contributed by atoms with Gasteiger partial charge in [0, 0.05) is 22.3 Å². The fourth-order valence-corrected chi connectivity index (χ4v) is 6.79. The molecule has 0 radical (unpaired) electrons. The van der Waals surface area contributed by atoms with Crippen molar-refractivity contribution in [2.24, 2.45) is 0 Å². The molecule has 6 rings (SSSR count). The van der Waals surface area contributed by atoms with Gasteiger partial charge in [-0.25, -0.2) is 4.79 Å². The molecule has 2 aliphatic rings. The fourth-order valence-electron chi connectivity index (χ4n) is 5.39. The lowest BCUT2D eigenvalue weighted by molar-refractivity contribution is 0.194. The van der Waals surface area contributed by atoms with Gasteiger partial charge >= 0.3 is 6.03 Å². The van der Waals surface area contributed by atoms with E-state index in [1.807, 2.05) is 28.4 Å². The van der Waals surface area contributed by atoms with Crippen LogP contribution in [0, 0.1) is 13.8 Å². The van der Waals surface area contributed by atoms with E-state index in [9.17, 15) is 4.79 Å². The number of aryl methyl sites for hydroxylation is 3. The van der Waals surface area contributed by atoms with Crippen molar-refractivity contribution in [2.45, 2.75) is 52.1 Å². The Morgan fingerprint density at radius 1 is 0.941 bits per heavy atom. The molecule has 0 saturated heterocycles. The molecule has 1 aliphatic carbocycles. The molecule has 34 heavy (non-hydrogen) atoms. The number of urea groups is 1. The molecule has 4 aromatic rings. The van der Waals surface area contributed by atoms with Gasteiger partial charge < -0.3 is 14.8 Å². The van der Waals surface area contributed by atoms with Crippen LogP contribution < -0.4 is 5.32 Å². The van der Waals surface area contributed by atoms with Crippen molar-refractivity contribution in [3.8, 4) is 5.00 Å². The van der Waals surface area contributed by atoms with E-state index in [0.717, 1.165) is 29.8 Å². The summed E-state index contributed by atoms with van der Waals surface area (Å²) < 4.78 is 2.33. The maximum atomic E-state index is 13.9. The molecule has 3 heterocycles. The summed E-state index contributed by atoms with van der Waals surface area (Å²) in [6.45, 7) is 4.79. The predicted molar refractivity (Wildman–Crippen MR) is 139 cm³/mol. The van der Waals surface area contributed by atoms with Crippen LogP contribution >= 0.6 is 11.3 Å². The number of rotatable bonds is 2. The van der Waals surface area contributed by atoms with E-state index in [4.69, 9.17) is 0 Å². The van der Waals surface area contributed by atoms with Crippen LogP contribution in [-0.2, 0) is 19.4 Å². The Bertz CT molecular complexity index is 1370. The van der Waals surface area contributed by atoms with Crippen molar-refractivity contribution in [2.75, 3.05) is 5.32 Å². The molecule has 0 unspecified atom stereocenters. The van der Waals surface area contributed by atoms with Crippen molar-refractivity contribution >= 4 is 23.1 Å². The lowest BCUT2D eigenvalue weighted by Crippen LogP contribution is -2.38. The van der Waals surface area contributed by atoms with Crippen molar-refractivity contribution < 1.29 is 4.79 Å². The highest BCUT2D eigenvalue weighted by Crippen LogP contribution is 2.44. The number of nitrogens with one attached hydrogen (secondary N) is 1. The first-order valence-electron chi connectivity index (χ1n) is 12.1. The van der Waals surface area contributed by atoms with Crippen LogP contribution in [0.15, 0.2) is 66.9 Å². The van der Waals surface area contributed by atoms with E-state index in [2.05, 4.69) is 78.5 Å². The van der Waals surface area contributed by atoms with Gasteiger partial charge in [0.1, 0.15) is 5.00 Å². The van der Waals surface area contributed by atoms with Crippen LogP contribution in [0.1, 0.15) is 57.3 Å². The normalized spacial score (nSPS) is 16.9. The Hall–Kier alpha value is -3.31. The number of carbonyl (C=O) groups is 1. The minimum absolute atomic E-state index is 0.0616. The quantitative estimate of drug-likeness (QED) is 0.333. The summed E-state index contributed by atoms with van der Waals surface area (Å²) in [4.78, 5) is 17.5. The molecule has 0 spiro atoms. The van der Waals surface area contributed by atoms with Crippen LogP contribution in [0.4, 0.5) is 10.5 Å². The minimum Gasteiger partial charge on any atom is -0.310 e. The highest BCUT2D eigenvalue weighted by molar-refractivity contribution is 7.15. The Kier molecular flexibility index (Phi) is 5.30. The number of hydrogen-bond donors (Lipinski definition) is 1. The average Bonchev–Trinajstić information content (AvgIpc) is 3.44. The number of nitrogens with zero attached hydrogens (tertiary/aromatic N) is 2. The molecule has 1 atom stereocenters. The van der Waals surface area contributed by atoms with Crippen LogP contribution in [0.5, 0.6) is 0 Å². The van der Waals surface area contributed by atoms with Crippen molar-refractivity contribution in [3.63, 3.8) is 0 Å². The summed E-state index contributed by atoms with van der Waals surface area (Å²) in [7, 11) is 0. The number of carbonyl (C=O) groups excluding carboxylic acids is 1. The van der Waals surface area contributed by atoms with E-state index in [1.165, 1.54) is 45.0 Å². The van der Waals surface area contributed by atoms with E-state index < -0.39 is 0 Å². The molecular weight excluding hydrogens is 438 g/mol. The van der Waals surface area contributed by atoms with Crippen molar-refractivity contribution in [1.82, 2.24) is 9.47 Å². The van der Waals surface area contributed by atoms with Crippen LogP contribution in [0.3, 0.4) is 0 Å². The highest BCUT2D eigenvalue weighted by Gasteiger charge is 2.36. The zero-order valence-electron chi connectivity index (χ0n) is 19.7. The number of amides is 2. The second kappa shape index (κ2) is 8.48. The van der Waals surface area contributed by atoms with Gasteiger partial charge in [0.15, 0.2) is 0 Å². The first-order chi connectivity index (χ1) is 16.6. The van der Waals surface area contributed by atoms with Gasteiger partial charge in [-0.15, -0.1) is 11.3 Å². The van der Waals surface area contributed by atoms with E-state index in [-0.39, 0.29) is 12.1 Å². The zero-order valence-corrected chi connectivity index (χ0v) is 20.5. The van der Waals surface area contributed by atoms with E-state index >= 15 is 0 Å². The van der Waals surface area contributed by atoms with Crippen molar-refractivity contribution in [1.29, 1.82) is 0 Å². The molecule has 1 aliphatic heterocycles. The third-order valence-corrected chi connectivity index (χ3v) is 8.65.